The average molecular weight is 367 g/mol. The van der Waals surface area contributed by atoms with Crippen molar-refractivity contribution in [3.05, 3.63) is 53.6 Å². The van der Waals surface area contributed by atoms with Gasteiger partial charge in [0.25, 0.3) is 10.0 Å². The van der Waals surface area contributed by atoms with Crippen LogP contribution in [0.1, 0.15) is 5.56 Å². The molecule has 0 bridgehead atoms. The normalized spacial score (nSPS) is 12.1. The standard InChI is InChI=1S/C14H10F5NO3S/c1-23-12-6-5-8(7-9(12)14(17,18)19)20-24(21,22)13-10(15)3-2-4-11(13)16/h2-7,20H,1H3. The number of halogens is 5. The SMILES string of the molecule is COc1ccc(NS(=O)(=O)c2c(F)cccc2F)cc1C(F)(F)F. The minimum absolute atomic E-state index is 0.467. The number of sulfonamides is 1. The van der Waals surface area contributed by atoms with E-state index in [-0.39, 0.29) is 0 Å². The number of methoxy groups -OCH3 is 1. The molecule has 0 aliphatic rings. The van der Waals surface area contributed by atoms with Gasteiger partial charge in [-0.2, -0.15) is 13.2 Å². The number of rotatable bonds is 4. The van der Waals surface area contributed by atoms with E-state index in [1.807, 2.05) is 0 Å². The van der Waals surface area contributed by atoms with Gasteiger partial charge in [-0.3, -0.25) is 4.72 Å². The number of benzene rings is 2. The highest BCUT2D eigenvalue weighted by Crippen LogP contribution is 2.38. The van der Waals surface area contributed by atoms with E-state index in [0.29, 0.717) is 18.2 Å². The van der Waals surface area contributed by atoms with Crippen LogP contribution in [0.4, 0.5) is 27.6 Å². The first-order valence-electron chi connectivity index (χ1n) is 6.28. The quantitative estimate of drug-likeness (QED) is 0.837. The molecule has 0 amide bonds. The Kier molecular flexibility index (Phi) is 4.70. The van der Waals surface area contributed by atoms with E-state index in [1.165, 1.54) is 0 Å². The van der Waals surface area contributed by atoms with Crippen molar-refractivity contribution >= 4 is 15.7 Å². The van der Waals surface area contributed by atoms with E-state index in [1.54, 1.807) is 4.72 Å². The Bertz CT molecular complexity index is 845. The summed E-state index contributed by atoms with van der Waals surface area (Å²) in [6, 6.07) is 4.72. The Labute approximate surface area is 133 Å². The Morgan fingerprint density at radius 2 is 1.62 bits per heavy atom. The zero-order valence-electron chi connectivity index (χ0n) is 12.0. The first-order chi connectivity index (χ1) is 11.1. The summed E-state index contributed by atoms with van der Waals surface area (Å²) in [4.78, 5) is -1.28. The number of ether oxygens (including phenoxy) is 1. The van der Waals surface area contributed by atoms with E-state index in [9.17, 15) is 30.4 Å². The molecule has 1 N–H and O–H groups in total. The van der Waals surface area contributed by atoms with Crippen LogP contribution in [0, 0.1) is 11.6 Å². The highest BCUT2D eigenvalue weighted by molar-refractivity contribution is 7.92. The summed E-state index contributed by atoms with van der Waals surface area (Å²) in [5, 5.41) is 0. The summed E-state index contributed by atoms with van der Waals surface area (Å²) in [7, 11) is -3.75. The predicted octanol–water partition coefficient (Wildman–Crippen LogP) is 3.79. The van der Waals surface area contributed by atoms with Crippen molar-refractivity contribution in [1.82, 2.24) is 0 Å². The third-order valence-corrected chi connectivity index (χ3v) is 4.38. The van der Waals surface area contributed by atoms with E-state index in [2.05, 4.69) is 4.74 Å². The maximum atomic E-state index is 13.6. The molecule has 0 atom stereocenters. The first-order valence-corrected chi connectivity index (χ1v) is 7.76. The third kappa shape index (κ3) is 3.58. The van der Waals surface area contributed by atoms with Crippen LogP contribution < -0.4 is 9.46 Å². The molecule has 0 fully saturated rings. The van der Waals surface area contributed by atoms with Crippen molar-refractivity contribution in [1.29, 1.82) is 0 Å². The molecular weight excluding hydrogens is 357 g/mol. The third-order valence-electron chi connectivity index (χ3n) is 2.94. The van der Waals surface area contributed by atoms with Crippen LogP contribution in [0.3, 0.4) is 0 Å². The number of hydrogen-bond acceptors (Lipinski definition) is 3. The molecule has 24 heavy (non-hydrogen) atoms. The van der Waals surface area contributed by atoms with Crippen LogP contribution in [0.15, 0.2) is 41.3 Å². The van der Waals surface area contributed by atoms with Crippen molar-refractivity contribution < 1.29 is 35.1 Å². The average Bonchev–Trinajstić information content (AvgIpc) is 2.45. The van der Waals surface area contributed by atoms with E-state index in [4.69, 9.17) is 0 Å². The second kappa shape index (κ2) is 6.27. The van der Waals surface area contributed by atoms with Crippen molar-refractivity contribution in [2.45, 2.75) is 11.1 Å². The topological polar surface area (TPSA) is 55.4 Å². The molecule has 4 nitrogen and oxygen atoms in total. The van der Waals surface area contributed by atoms with Gasteiger partial charge in [0.1, 0.15) is 17.4 Å². The fraction of sp³-hybridized carbons (Fsp3) is 0.143. The van der Waals surface area contributed by atoms with Crippen molar-refractivity contribution in [3.8, 4) is 5.75 Å². The molecule has 130 valence electrons. The summed E-state index contributed by atoms with van der Waals surface area (Å²) >= 11 is 0. The summed E-state index contributed by atoms with van der Waals surface area (Å²) < 4.78 is 96.3. The largest absolute Gasteiger partial charge is 0.496 e. The van der Waals surface area contributed by atoms with Gasteiger partial charge in [0, 0.05) is 5.69 Å². The van der Waals surface area contributed by atoms with Gasteiger partial charge in [-0.25, -0.2) is 17.2 Å². The van der Waals surface area contributed by atoms with E-state index >= 15 is 0 Å². The minimum atomic E-state index is -4.81. The highest BCUT2D eigenvalue weighted by atomic mass is 32.2. The molecule has 2 aromatic rings. The minimum Gasteiger partial charge on any atom is -0.496 e. The fourth-order valence-corrected chi connectivity index (χ4v) is 3.13. The van der Waals surface area contributed by atoms with Crippen LogP contribution >= 0.6 is 0 Å². The van der Waals surface area contributed by atoms with Crippen molar-refractivity contribution in [2.75, 3.05) is 11.8 Å². The summed E-state index contributed by atoms with van der Waals surface area (Å²) in [6.45, 7) is 0. The van der Waals surface area contributed by atoms with Crippen molar-refractivity contribution in [3.63, 3.8) is 0 Å². The smallest absolute Gasteiger partial charge is 0.420 e. The van der Waals surface area contributed by atoms with Gasteiger partial charge in [0.05, 0.1) is 12.7 Å². The van der Waals surface area contributed by atoms with Crippen molar-refractivity contribution in [2.24, 2.45) is 0 Å². The van der Waals surface area contributed by atoms with Gasteiger partial charge >= 0.3 is 6.18 Å². The van der Waals surface area contributed by atoms with Gasteiger partial charge in [-0.15, -0.1) is 0 Å². The molecule has 0 saturated carbocycles. The molecule has 2 aromatic carbocycles. The Balaban J connectivity index is 2.48. The molecule has 0 aliphatic carbocycles. The molecule has 10 heteroatoms. The lowest BCUT2D eigenvalue weighted by Gasteiger charge is -2.15. The van der Waals surface area contributed by atoms with Gasteiger partial charge < -0.3 is 4.74 Å². The summed E-state index contributed by atoms with van der Waals surface area (Å²) in [5.41, 5.74) is -1.76. The summed E-state index contributed by atoms with van der Waals surface area (Å²) in [6.07, 6.45) is -4.81. The zero-order chi connectivity index (χ0) is 18.1. The summed E-state index contributed by atoms with van der Waals surface area (Å²) in [5.74, 6) is -3.26. The molecule has 2 rings (SSSR count). The highest BCUT2D eigenvalue weighted by Gasteiger charge is 2.35. The number of alkyl halides is 3. The molecule has 0 aliphatic heterocycles. The van der Waals surface area contributed by atoms with Gasteiger partial charge in [0.15, 0.2) is 4.90 Å². The predicted molar refractivity (Wildman–Crippen MR) is 75.2 cm³/mol. The number of anilines is 1. The Hall–Kier alpha value is -2.36. The monoisotopic (exact) mass is 367 g/mol. The van der Waals surface area contributed by atoms with Crippen LogP contribution in [0.2, 0.25) is 0 Å². The molecule has 0 heterocycles. The molecule has 0 aromatic heterocycles. The second-order valence-corrected chi connectivity index (χ2v) is 6.19. The Morgan fingerprint density at radius 1 is 1.04 bits per heavy atom. The molecule has 0 unspecified atom stereocenters. The van der Waals surface area contributed by atoms with Crippen LogP contribution in [-0.2, 0) is 16.2 Å². The molecule has 0 spiro atoms. The fourth-order valence-electron chi connectivity index (χ4n) is 1.94. The molecule has 0 saturated heterocycles. The lowest BCUT2D eigenvalue weighted by atomic mass is 10.1. The zero-order valence-corrected chi connectivity index (χ0v) is 12.8. The van der Waals surface area contributed by atoms with Gasteiger partial charge in [-0.05, 0) is 30.3 Å². The second-order valence-electron chi connectivity index (χ2n) is 4.57. The maximum absolute atomic E-state index is 13.6. The maximum Gasteiger partial charge on any atom is 0.420 e. The lowest BCUT2D eigenvalue weighted by Crippen LogP contribution is -2.17. The molecule has 0 radical (unpaired) electrons. The van der Waals surface area contributed by atoms with Gasteiger partial charge in [-0.1, -0.05) is 6.07 Å². The van der Waals surface area contributed by atoms with Gasteiger partial charge in [0.2, 0.25) is 0 Å². The van der Waals surface area contributed by atoms with Crippen LogP contribution in [0.25, 0.3) is 0 Å². The first kappa shape index (κ1) is 18.0. The van der Waals surface area contributed by atoms with Crippen LogP contribution in [-0.4, -0.2) is 15.5 Å². The number of nitrogens with one attached hydrogen (secondary N) is 1. The van der Waals surface area contributed by atoms with Crippen LogP contribution in [0.5, 0.6) is 5.75 Å². The van der Waals surface area contributed by atoms with E-state index < -0.39 is 49.7 Å². The Morgan fingerprint density at radius 3 is 2.12 bits per heavy atom. The molecular formula is C14H10F5NO3S. The lowest BCUT2D eigenvalue weighted by molar-refractivity contribution is -0.138. The van der Waals surface area contributed by atoms with E-state index in [0.717, 1.165) is 25.3 Å². The number of hydrogen-bond donors (Lipinski definition) is 1.